The predicted octanol–water partition coefficient (Wildman–Crippen LogP) is 4.41. The van der Waals surface area contributed by atoms with Gasteiger partial charge in [-0.05, 0) is 54.8 Å². The highest BCUT2D eigenvalue weighted by molar-refractivity contribution is 6.30. The Kier molecular flexibility index (Phi) is 4.09. The van der Waals surface area contributed by atoms with Gasteiger partial charge in [0.25, 0.3) is 0 Å². The third kappa shape index (κ3) is 3.27. The van der Waals surface area contributed by atoms with E-state index in [1.807, 2.05) is 44.2 Å². The highest BCUT2D eigenvalue weighted by Gasteiger charge is 2.04. The zero-order chi connectivity index (χ0) is 13.8. The summed E-state index contributed by atoms with van der Waals surface area (Å²) < 4.78 is 5.79. The van der Waals surface area contributed by atoms with Gasteiger partial charge in [0.2, 0.25) is 0 Å². The van der Waals surface area contributed by atoms with Crippen LogP contribution in [0.4, 0.5) is 0 Å². The topological polar surface area (TPSA) is 33.0 Å². The van der Waals surface area contributed by atoms with Gasteiger partial charge in [-0.15, -0.1) is 0 Å². The van der Waals surface area contributed by atoms with Crippen molar-refractivity contribution in [3.63, 3.8) is 0 Å². The lowest BCUT2D eigenvalue weighted by Gasteiger charge is -2.11. The van der Waals surface area contributed by atoms with Gasteiger partial charge in [0.15, 0.2) is 0 Å². The van der Waals surface area contributed by atoms with Crippen molar-refractivity contribution in [2.24, 2.45) is 0 Å². The maximum absolute atomic E-state index is 8.83. The van der Waals surface area contributed by atoms with Crippen molar-refractivity contribution in [2.45, 2.75) is 20.5 Å². The molecule has 0 heterocycles. The molecule has 0 aliphatic heterocycles. The van der Waals surface area contributed by atoms with Crippen LogP contribution in [0, 0.1) is 25.2 Å². The summed E-state index contributed by atoms with van der Waals surface area (Å²) in [6.07, 6.45) is 0. The quantitative estimate of drug-likeness (QED) is 0.828. The first-order valence-corrected chi connectivity index (χ1v) is 6.36. The minimum Gasteiger partial charge on any atom is -0.489 e. The van der Waals surface area contributed by atoms with Crippen LogP contribution < -0.4 is 4.74 Å². The summed E-state index contributed by atoms with van der Waals surface area (Å²) >= 11 is 5.95. The predicted molar refractivity (Wildman–Crippen MR) is 76.4 cm³/mol. The lowest BCUT2D eigenvalue weighted by atomic mass is 10.1. The normalized spacial score (nSPS) is 10.0. The van der Waals surface area contributed by atoms with E-state index in [9.17, 15) is 0 Å². The summed E-state index contributed by atoms with van der Waals surface area (Å²) in [5.41, 5.74) is 3.84. The third-order valence-electron chi connectivity index (χ3n) is 3.01. The Hall–Kier alpha value is -1.98. The number of aryl methyl sites for hydroxylation is 2. The first kappa shape index (κ1) is 13.5. The van der Waals surface area contributed by atoms with Gasteiger partial charge in [-0.1, -0.05) is 23.7 Å². The fourth-order valence-electron chi connectivity index (χ4n) is 1.81. The van der Waals surface area contributed by atoms with Gasteiger partial charge < -0.3 is 4.74 Å². The Balaban J connectivity index is 2.15. The molecule has 0 N–H and O–H groups in total. The van der Waals surface area contributed by atoms with E-state index in [4.69, 9.17) is 21.6 Å². The van der Waals surface area contributed by atoms with E-state index in [0.29, 0.717) is 17.2 Å². The van der Waals surface area contributed by atoms with Gasteiger partial charge in [0.05, 0.1) is 11.6 Å². The third-order valence-corrected chi connectivity index (χ3v) is 3.24. The van der Waals surface area contributed by atoms with Crippen molar-refractivity contribution >= 4 is 11.6 Å². The van der Waals surface area contributed by atoms with Crippen LogP contribution in [0.5, 0.6) is 5.75 Å². The van der Waals surface area contributed by atoms with E-state index >= 15 is 0 Å². The Morgan fingerprint density at radius 2 is 1.89 bits per heavy atom. The van der Waals surface area contributed by atoms with E-state index in [0.717, 1.165) is 22.4 Å². The molecule has 0 aliphatic carbocycles. The fourth-order valence-corrected chi connectivity index (χ4v) is 1.97. The summed E-state index contributed by atoms with van der Waals surface area (Å²) in [6.45, 7) is 4.43. The molecule has 2 aromatic carbocycles. The SMILES string of the molecule is Cc1cc(C#N)ccc1COc1cc(Cl)ccc1C. The number of hydrogen-bond donors (Lipinski definition) is 0. The molecule has 0 spiro atoms. The van der Waals surface area contributed by atoms with E-state index in [-0.39, 0.29) is 0 Å². The molecule has 0 aliphatic rings. The van der Waals surface area contributed by atoms with Gasteiger partial charge in [0.1, 0.15) is 12.4 Å². The first-order valence-electron chi connectivity index (χ1n) is 5.99. The van der Waals surface area contributed by atoms with Gasteiger partial charge in [-0.25, -0.2) is 0 Å². The molecule has 0 bridgehead atoms. The standard InChI is InChI=1S/C16H14ClNO/c1-11-3-6-15(17)8-16(11)19-10-14-5-4-13(9-18)7-12(14)2/h3-8H,10H2,1-2H3. The van der Waals surface area contributed by atoms with E-state index < -0.39 is 0 Å². The summed E-state index contributed by atoms with van der Waals surface area (Å²) in [7, 11) is 0. The molecule has 2 nitrogen and oxygen atoms in total. The number of nitriles is 1. The van der Waals surface area contributed by atoms with E-state index in [1.165, 1.54) is 0 Å². The highest BCUT2D eigenvalue weighted by atomic mass is 35.5. The maximum atomic E-state index is 8.83. The smallest absolute Gasteiger partial charge is 0.124 e. The summed E-state index contributed by atoms with van der Waals surface area (Å²) in [5.74, 6) is 0.788. The molecule has 2 rings (SSSR count). The number of nitrogens with zero attached hydrogens (tertiary/aromatic N) is 1. The van der Waals surface area contributed by atoms with Gasteiger partial charge in [-0.3, -0.25) is 0 Å². The second-order valence-electron chi connectivity index (χ2n) is 4.45. The molecule has 0 atom stereocenters. The molecule has 0 fully saturated rings. The monoisotopic (exact) mass is 271 g/mol. The molecule has 0 saturated heterocycles. The van der Waals surface area contributed by atoms with Crippen LogP contribution in [-0.4, -0.2) is 0 Å². The Morgan fingerprint density at radius 1 is 1.11 bits per heavy atom. The largest absolute Gasteiger partial charge is 0.489 e. The molecular formula is C16H14ClNO. The first-order chi connectivity index (χ1) is 9.10. The van der Waals surface area contributed by atoms with Crippen molar-refractivity contribution in [2.75, 3.05) is 0 Å². The van der Waals surface area contributed by atoms with Crippen LogP contribution in [0.2, 0.25) is 5.02 Å². The van der Waals surface area contributed by atoms with Gasteiger partial charge in [-0.2, -0.15) is 5.26 Å². The molecule has 2 aromatic rings. The van der Waals surface area contributed by atoms with Crippen molar-refractivity contribution < 1.29 is 4.74 Å². The second-order valence-corrected chi connectivity index (χ2v) is 4.89. The molecule has 0 amide bonds. The van der Waals surface area contributed by atoms with Gasteiger partial charge >= 0.3 is 0 Å². The van der Waals surface area contributed by atoms with Crippen LogP contribution >= 0.6 is 11.6 Å². The molecule has 3 heteroatoms. The minimum atomic E-state index is 0.471. The van der Waals surface area contributed by atoms with Crippen LogP contribution in [0.15, 0.2) is 36.4 Å². The summed E-state index contributed by atoms with van der Waals surface area (Å²) in [5, 5.41) is 9.50. The minimum absolute atomic E-state index is 0.471. The molecule has 0 unspecified atom stereocenters. The van der Waals surface area contributed by atoms with Crippen molar-refractivity contribution in [1.82, 2.24) is 0 Å². The van der Waals surface area contributed by atoms with Crippen molar-refractivity contribution in [3.05, 3.63) is 63.7 Å². The fraction of sp³-hybridized carbons (Fsp3) is 0.188. The Bertz CT molecular complexity index is 644. The zero-order valence-electron chi connectivity index (χ0n) is 10.9. The van der Waals surface area contributed by atoms with E-state index in [2.05, 4.69) is 6.07 Å². The van der Waals surface area contributed by atoms with Crippen molar-refractivity contribution in [3.8, 4) is 11.8 Å². The molecule has 19 heavy (non-hydrogen) atoms. The average Bonchev–Trinajstić information content (AvgIpc) is 2.40. The summed E-state index contributed by atoms with van der Waals surface area (Å²) in [4.78, 5) is 0. The molecule has 0 aromatic heterocycles. The van der Waals surface area contributed by atoms with Crippen LogP contribution in [0.1, 0.15) is 22.3 Å². The zero-order valence-corrected chi connectivity index (χ0v) is 11.7. The molecule has 96 valence electrons. The number of ether oxygens (including phenoxy) is 1. The summed E-state index contributed by atoms with van der Waals surface area (Å²) in [6, 6.07) is 13.3. The highest BCUT2D eigenvalue weighted by Crippen LogP contribution is 2.24. The number of halogens is 1. The lowest BCUT2D eigenvalue weighted by Crippen LogP contribution is -1.99. The molecular weight excluding hydrogens is 258 g/mol. The number of benzene rings is 2. The van der Waals surface area contributed by atoms with Crippen LogP contribution in [-0.2, 0) is 6.61 Å². The van der Waals surface area contributed by atoms with Crippen LogP contribution in [0.3, 0.4) is 0 Å². The Labute approximate surface area is 118 Å². The lowest BCUT2D eigenvalue weighted by molar-refractivity contribution is 0.303. The maximum Gasteiger partial charge on any atom is 0.124 e. The molecule has 0 radical (unpaired) electrons. The molecule has 0 saturated carbocycles. The number of hydrogen-bond acceptors (Lipinski definition) is 2. The van der Waals surface area contributed by atoms with Gasteiger partial charge in [0, 0.05) is 5.02 Å². The average molecular weight is 272 g/mol. The number of rotatable bonds is 3. The van der Waals surface area contributed by atoms with E-state index in [1.54, 1.807) is 6.07 Å². The van der Waals surface area contributed by atoms with Crippen molar-refractivity contribution in [1.29, 1.82) is 5.26 Å². The second kappa shape index (κ2) is 5.77. The van der Waals surface area contributed by atoms with Crippen LogP contribution in [0.25, 0.3) is 0 Å². The Morgan fingerprint density at radius 3 is 2.58 bits per heavy atom.